The summed E-state index contributed by atoms with van der Waals surface area (Å²) in [6.07, 6.45) is 1.87. The number of nitrogens with zero attached hydrogens (tertiary/aromatic N) is 3. The van der Waals surface area contributed by atoms with E-state index in [2.05, 4.69) is 163 Å². The molecule has 3 heterocycles. The number of rotatable bonds is 5. The maximum Gasteiger partial charge on any atom is 0.160 e. The van der Waals surface area contributed by atoms with Crippen LogP contribution >= 0.6 is 11.3 Å². The molecule has 0 spiro atoms. The van der Waals surface area contributed by atoms with Gasteiger partial charge in [-0.05, 0) is 57.0 Å². The van der Waals surface area contributed by atoms with Crippen LogP contribution in [0.1, 0.15) is 0 Å². The van der Waals surface area contributed by atoms with Crippen molar-refractivity contribution in [3.8, 4) is 56.0 Å². The standard InChI is InChI=1S/C47H29N3S/c1-2-9-30(10-3-1)31-20-24-35(25-21-31)44-46-45(41-14-4-5-17-42(41)51-46)50-47(49-44)37-12-6-11-36(29-37)32-18-22-33(23-19-32)38-15-7-16-40-39(38)27-26-34-13-8-28-48-43(34)40/h1-29H. The van der Waals surface area contributed by atoms with E-state index in [9.17, 15) is 0 Å². The zero-order valence-corrected chi connectivity index (χ0v) is 28.3. The van der Waals surface area contributed by atoms with Crippen LogP contribution in [0.3, 0.4) is 0 Å². The number of benzene rings is 7. The third-order valence-corrected chi connectivity index (χ3v) is 10.9. The van der Waals surface area contributed by atoms with Gasteiger partial charge in [-0.25, -0.2) is 9.97 Å². The highest BCUT2D eigenvalue weighted by Crippen LogP contribution is 2.40. The zero-order chi connectivity index (χ0) is 33.7. The van der Waals surface area contributed by atoms with Crippen LogP contribution < -0.4 is 0 Å². The van der Waals surface area contributed by atoms with Crippen LogP contribution in [0.2, 0.25) is 0 Å². The first-order valence-electron chi connectivity index (χ1n) is 17.1. The molecule has 10 aromatic rings. The Morgan fingerprint density at radius 1 is 0.392 bits per heavy atom. The van der Waals surface area contributed by atoms with Crippen LogP contribution in [-0.4, -0.2) is 15.0 Å². The van der Waals surface area contributed by atoms with Crippen molar-refractivity contribution in [3.63, 3.8) is 0 Å². The number of thiophene rings is 1. The number of hydrogen-bond donors (Lipinski definition) is 0. The van der Waals surface area contributed by atoms with Crippen LogP contribution in [0.15, 0.2) is 176 Å². The van der Waals surface area contributed by atoms with E-state index in [0.29, 0.717) is 0 Å². The molecule has 0 amide bonds. The van der Waals surface area contributed by atoms with E-state index in [1.807, 2.05) is 18.3 Å². The van der Waals surface area contributed by atoms with Crippen molar-refractivity contribution in [2.24, 2.45) is 0 Å². The third-order valence-electron chi connectivity index (χ3n) is 9.76. The van der Waals surface area contributed by atoms with Crippen LogP contribution in [0, 0.1) is 0 Å². The Labute approximate surface area is 299 Å². The molecule has 51 heavy (non-hydrogen) atoms. The van der Waals surface area contributed by atoms with Gasteiger partial charge in [0.05, 0.1) is 21.4 Å². The fourth-order valence-corrected chi connectivity index (χ4v) is 8.35. The third kappa shape index (κ3) is 5.16. The number of pyridine rings is 1. The molecule has 0 bridgehead atoms. The normalized spacial score (nSPS) is 11.5. The van der Waals surface area contributed by atoms with E-state index >= 15 is 0 Å². The smallest absolute Gasteiger partial charge is 0.160 e. The minimum absolute atomic E-state index is 0.725. The van der Waals surface area contributed by atoms with Crippen LogP contribution in [0.25, 0.3) is 98.0 Å². The van der Waals surface area contributed by atoms with Gasteiger partial charge in [0.1, 0.15) is 0 Å². The summed E-state index contributed by atoms with van der Waals surface area (Å²) in [5.74, 6) is 0.725. The average Bonchev–Trinajstić information content (AvgIpc) is 3.59. The lowest BCUT2D eigenvalue weighted by atomic mass is 9.94. The van der Waals surface area contributed by atoms with Gasteiger partial charge in [-0.1, -0.05) is 152 Å². The Hall–Kier alpha value is -6.49. The van der Waals surface area contributed by atoms with Gasteiger partial charge in [-0.2, -0.15) is 0 Å². The predicted molar refractivity (Wildman–Crippen MR) is 215 cm³/mol. The highest BCUT2D eigenvalue weighted by atomic mass is 32.1. The minimum Gasteiger partial charge on any atom is -0.256 e. The molecule has 10 rings (SSSR count). The topological polar surface area (TPSA) is 38.7 Å². The summed E-state index contributed by atoms with van der Waals surface area (Å²) in [5, 5.41) is 4.69. The molecule has 3 aromatic heterocycles. The van der Waals surface area contributed by atoms with E-state index in [4.69, 9.17) is 9.97 Å². The molecule has 238 valence electrons. The molecule has 0 saturated heterocycles. The first kappa shape index (κ1) is 29.4. The van der Waals surface area contributed by atoms with E-state index < -0.39 is 0 Å². The summed E-state index contributed by atoms with van der Waals surface area (Å²) in [6, 6.07) is 60.2. The van der Waals surface area contributed by atoms with Gasteiger partial charge in [0.25, 0.3) is 0 Å². The second kappa shape index (κ2) is 12.1. The molecule has 4 heteroatoms. The quantitative estimate of drug-likeness (QED) is 0.171. The number of aromatic nitrogens is 3. The second-order valence-corrected chi connectivity index (χ2v) is 13.9. The molecule has 0 aliphatic rings. The average molecular weight is 668 g/mol. The number of fused-ring (bicyclic) bond motifs is 6. The first-order valence-corrected chi connectivity index (χ1v) is 17.9. The summed E-state index contributed by atoms with van der Waals surface area (Å²) >= 11 is 1.76. The summed E-state index contributed by atoms with van der Waals surface area (Å²) < 4.78 is 2.32. The Balaban J connectivity index is 1.04. The van der Waals surface area contributed by atoms with Crippen molar-refractivity contribution in [1.29, 1.82) is 0 Å². The van der Waals surface area contributed by atoms with Crippen molar-refractivity contribution >= 4 is 53.3 Å². The highest BCUT2D eigenvalue weighted by molar-refractivity contribution is 7.26. The van der Waals surface area contributed by atoms with Crippen LogP contribution in [-0.2, 0) is 0 Å². The second-order valence-electron chi connectivity index (χ2n) is 12.8. The fraction of sp³-hybridized carbons (Fsp3) is 0. The lowest BCUT2D eigenvalue weighted by Gasteiger charge is -2.11. The Morgan fingerprint density at radius 3 is 1.92 bits per heavy atom. The maximum atomic E-state index is 5.27. The van der Waals surface area contributed by atoms with E-state index in [1.165, 1.54) is 37.7 Å². The predicted octanol–water partition coefficient (Wildman–Crippen LogP) is 12.9. The summed E-state index contributed by atoms with van der Waals surface area (Å²) in [7, 11) is 0. The largest absolute Gasteiger partial charge is 0.256 e. The molecule has 0 aliphatic heterocycles. The van der Waals surface area contributed by atoms with Gasteiger partial charge in [-0.15, -0.1) is 11.3 Å². The van der Waals surface area contributed by atoms with Crippen molar-refractivity contribution in [2.45, 2.75) is 0 Å². The lowest BCUT2D eigenvalue weighted by molar-refractivity contribution is 1.24. The maximum absolute atomic E-state index is 5.27. The fourth-order valence-electron chi connectivity index (χ4n) is 7.20. The molecule has 0 unspecified atom stereocenters. The Bertz CT molecular complexity index is 2890. The monoisotopic (exact) mass is 667 g/mol. The lowest BCUT2D eigenvalue weighted by Crippen LogP contribution is -1.94. The van der Waals surface area contributed by atoms with Crippen molar-refractivity contribution in [3.05, 3.63) is 176 Å². The molecule has 7 aromatic carbocycles. The van der Waals surface area contributed by atoms with E-state index in [0.717, 1.165) is 60.3 Å². The van der Waals surface area contributed by atoms with Crippen molar-refractivity contribution < 1.29 is 0 Å². The van der Waals surface area contributed by atoms with Gasteiger partial charge in [0.2, 0.25) is 0 Å². The molecule has 0 radical (unpaired) electrons. The molecule has 0 atom stereocenters. The Kier molecular flexibility index (Phi) is 7.00. The van der Waals surface area contributed by atoms with Crippen LogP contribution in [0.4, 0.5) is 0 Å². The molecule has 3 nitrogen and oxygen atoms in total. The SMILES string of the molecule is c1ccc(-c2ccc(-c3nc(-c4cccc(-c5ccc(-c6cccc7c6ccc6cccnc67)cc5)c4)nc4c3sc3ccccc34)cc2)cc1. The number of hydrogen-bond acceptors (Lipinski definition) is 4. The van der Waals surface area contributed by atoms with E-state index in [1.54, 1.807) is 11.3 Å². The summed E-state index contributed by atoms with van der Waals surface area (Å²) in [6.45, 7) is 0. The van der Waals surface area contributed by atoms with Gasteiger partial charge >= 0.3 is 0 Å². The summed E-state index contributed by atoms with van der Waals surface area (Å²) in [4.78, 5) is 15.2. The first-order chi connectivity index (χ1) is 25.3. The Morgan fingerprint density at radius 2 is 1.06 bits per heavy atom. The molecule has 0 saturated carbocycles. The highest BCUT2D eigenvalue weighted by Gasteiger charge is 2.17. The summed E-state index contributed by atoms with van der Waals surface area (Å²) in [5.41, 5.74) is 12.1. The molecule has 0 N–H and O–H groups in total. The van der Waals surface area contributed by atoms with E-state index in [-0.39, 0.29) is 0 Å². The molecule has 0 fully saturated rings. The minimum atomic E-state index is 0.725. The van der Waals surface area contributed by atoms with Crippen molar-refractivity contribution in [2.75, 3.05) is 0 Å². The van der Waals surface area contributed by atoms with Gasteiger partial charge < -0.3 is 0 Å². The molecule has 0 aliphatic carbocycles. The zero-order valence-electron chi connectivity index (χ0n) is 27.5. The van der Waals surface area contributed by atoms with Gasteiger partial charge in [0.15, 0.2) is 5.82 Å². The molecular formula is C47H29N3S. The van der Waals surface area contributed by atoms with Gasteiger partial charge in [0, 0.05) is 38.2 Å². The van der Waals surface area contributed by atoms with Crippen molar-refractivity contribution in [1.82, 2.24) is 15.0 Å². The van der Waals surface area contributed by atoms with Gasteiger partial charge in [-0.3, -0.25) is 4.98 Å². The van der Waals surface area contributed by atoms with Crippen LogP contribution in [0.5, 0.6) is 0 Å². The molecular weight excluding hydrogens is 639 g/mol.